The summed E-state index contributed by atoms with van der Waals surface area (Å²) in [5.41, 5.74) is 1.29. The Morgan fingerprint density at radius 1 is 1.43 bits per heavy atom. The summed E-state index contributed by atoms with van der Waals surface area (Å²) in [6.45, 7) is 3.27. The molecule has 110 valence electrons. The molecule has 0 aliphatic heterocycles. The molecule has 2 aromatic rings. The Morgan fingerprint density at radius 3 is 2.67 bits per heavy atom. The van der Waals surface area contributed by atoms with Gasteiger partial charge < -0.3 is 5.11 Å². The SMILES string of the molecule is Cc1nn(-c2cc(F)cc([N+](=O)[O-])c2)c(C)c1CC(=O)O. The van der Waals surface area contributed by atoms with E-state index in [-0.39, 0.29) is 12.1 Å². The number of benzene rings is 1. The van der Waals surface area contributed by atoms with Crippen molar-refractivity contribution in [3.05, 3.63) is 51.1 Å². The summed E-state index contributed by atoms with van der Waals surface area (Å²) < 4.78 is 14.8. The van der Waals surface area contributed by atoms with E-state index in [0.717, 1.165) is 12.1 Å². The molecule has 7 nitrogen and oxygen atoms in total. The van der Waals surface area contributed by atoms with Crippen molar-refractivity contribution in [3.8, 4) is 5.69 Å². The van der Waals surface area contributed by atoms with Crippen molar-refractivity contribution in [2.24, 2.45) is 0 Å². The number of hydrogen-bond acceptors (Lipinski definition) is 4. The van der Waals surface area contributed by atoms with E-state index in [1.165, 1.54) is 10.7 Å². The molecular formula is C13H12FN3O4. The third-order valence-corrected chi connectivity index (χ3v) is 3.09. The summed E-state index contributed by atoms with van der Waals surface area (Å²) in [5, 5.41) is 23.8. The highest BCUT2D eigenvalue weighted by atomic mass is 19.1. The maximum Gasteiger partial charge on any atom is 0.307 e. The average molecular weight is 293 g/mol. The van der Waals surface area contributed by atoms with E-state index in [1.807, 2.05) is 0 Å². The van der Waals surface area contributed by atoms with Crippen molar-refractivity contribution < 1.29 is 19.2 Å². The van der Waals surface area contributed by atoms with E-state index in [0.29, 0.717) is 17.0 Å². The third kappa shape index (κ3) is 2.88. The van der Waals surface area contributed by atoms with Crippen LogP contribution >= 0.6 is 0 Å². The van der Waals surface area contributed by atoms with E-state index in [4.69, 9.17) is 5.11 Å². The van der Waals surface area contributed by atoms with Gasteiger partial charge in [-0.15, -0.1) is 0 Å². The molecule has 2 rings (SSSR count). The second-order valence-electron chi connectivity index (χ2n) is 4.56. The van der Waals surface area contributed by atoms with Crippen LogP contribution in [0, 0.1) is 29.8 Å². The summed E-state index contributed by atoms with van der Waals surface area (Å²) in [6, 6.07) is 3.11. The molecule has 1 N–H and O–H groups in total. The summed E-state index contributed by atoms with van der Waals surface area (Å²) in [4.78, 5) is 20.9. The number of nitro benzene ring substituents is 1. The monoisotopic (exact) mass is 293 g/mol. The van der Waals surface area contributed by atoms with Gasteiger partial charge in [0.15, 0.2) is 0 Å². The van der Waals surface area contributed by atoms with E-state index >= 15 is 0 Å². The lowest BCUT2D eigenvalue weighted by Crippen LogP contribution is -2.04. The zero-order chi connectivity index (χ0) is 15.7. The number of carboxylic acid groups (broad SMARTS) is 1. The first-order valence-corrected chi connectivity index (χ1v) is 6.02. The van der Waals surface area contributed by atoms with Crippen LogP contribution in [0.4, 0.5) is 10.1 Å². The maximum absolute atomic E-state index is 13.5. The van der Waals surface area contributed by atoms with Crippen LogP contribution in [-0.2, 0) is 11.2 Å². The minimum Gasteiger partial charge on any atom is -0.481 e. The van der Waals surface area contributed by atoms with Gasteiger partial charge in [0.05, 0.1) is 28.8 Å². The predicted octanol–water partition coefficient (Wildman–Crippen LogP) is 2.16. The van der Waals surface area contributed by atoms with Crippen molar-refractivity contribution in [1.29, 1.82) is 0 Å². The standard InChI is InChI=1S/C13H12FN3O4/c1-7-12(6-13(18)19)8(2)16(15-7)10-3-9(14)4-11(5-10)17(20)21/h3-5H,6H2,1-2H3,(H,18,19). The normalized spacial score (nSPS) is 10.6. The van der Waals surface area contributed by atoms with Gasteiger partial charge in [0.2, 0.25) is 0 Å². The fourth-order valence-electron chi connectivity index (χ4n) is 2.12. The van der Waals surface area contributed by atoms with Gasteiger partial charge in [0.1, 0.15) is 5.82 Å². The molecule has 0 aliphatic rings. The second kappa shape index (κ2) is 5.31. The van der Waals surface area contributed by atoms with Crippen LogP contribution in [0.5, 0.6) is 0 Å². The Labute approximate surface area is 118 Å². The number of carbonyl (C=O) groups is 1. The molecule has 1 aromatic carbocycles. The van der Waals surface area contributed by atoms with Crippen molar-refractivity contribution in [1.82, 2.24) is 9.78 Å². The molecule has 0 saturated heterocycles. The molecular weight excluding hydrogens is 281 g/mol. The number of aromatic nitrogens is 2. The van der Waals surface area contributed by atoms with Crippen molar-refractivity contribution in [2.45, 2.75) is 20.3 Å². The lowest BCUT2D eigenvalue weighted by atomic mass is 10.1. The predicted molar refractivity (Wildman–Crippen MR) is 71.0 cm³/mol. The van der Waals surface area contributed by atoms with Gasteiger partial charge in [-0.3, -0.25) is 14.9 Å². The molecule has 0 aliphatic carbocycles. The summed E-state index contributed by atoms with van der Waals surface area (Å²) >= 11 is 0. The summed E-state index contributed by atoms with van der Waals surface area (Å²) in [5.74, 6) is -1.77. The Bertz CT molecular complexity index is 739. The average Bonchev–Trinajstić information content (AvgIpc) is 2.65. The largest absolute Gasteiger partial charge is 0.481 e. The lowest BCUT2D eigenvalue weighted by Gasteiger charge is -2.05. The third-order valence-electron chi connectivity index (χ3n) is 3.09. The van der Waals surface area contributed by atoms with E-state index in [9.17, 15) is 19.3 Å². The highest BCUT2D eigenvalue weighted by Crippen LogP contribution is 2.23. The first kappa shape index (κ1) is 14.6. The Morgan fingerprint density at radius 2 is 2.10 bits per heavy atom. The minimum atomic E-state index is -1.01. The Hall–Kier alpha value is -2.77. The first-order chi connectivity index (χ1) is 9.79. The number of hydrogen-bond donors (Lipinski definition) is 1. The molecule has 1 heterocycles. The van der Waals surface area contributed by atoms with Crippen molar-refractivity contribution in [3.63, 3.8) is 0 Å². The zero-order valence-corrected chi connectivity index (χ0v) is 11.3. The van der Waals surface area contributed by atoms with Crippen LogP contribution in [0.15, 0.2) is 18.2 Å². The smallest absolute Gasteiger partial charge is 0.307 e. The van der Waals surface area contributed by atoms with Crippen LogP contribution in [0.1, 0.15) is 17.0 Å². The second-order valence-corrected chi connectivity index (χ2v) is 4.56. The fraction of sp³-hybridized carbons (Fsp3) is 0.231. The highest BCUT2D eigenvalue weighted by molar-refractivity contribution is 5.71. The van der Waals surface area contributed by atoms with Gasteiger partial charge >= 0.3 is 5.97 Å². The van der Waals surface area contributed by atoms with Gasteiger partial charge in [0, 0.05) is 23.4 Å². The summed E-state index contributed by atoms with van der Waals surface area (Å²) in [7, 11) is 0. The van der Waals surface area contributed by atoms with Crippen LogP contribution in [0.25, 0.3) is 5.69 Å². The Balaban J connectivity index is 2.57. The molecule has 0 unspecified atom stereocenters. The van der Waals surface area contributed by atoms with Gasteiger partial charge in [-0.1, -0.05) is 0 Å². The van der Waals surface area contributed by atoms with Gasteiger partial charge in [-0.25, -0.2) is 9.07 Å². The number of non-ortho nitro benzene ring substituents is 1. The number of nitrogens with zero attached hydrogens (tertiary/aromatic N) is 3. The minimum absolute atomic E-state index is 0.180. The number of aliphatic carboxylic acids is 1. The molecule has 0 fully saturated rings. The van der Waals surface area contributed by atoms with Crippen molar-refractivity contribution >= 4 is 11.7 Å². The first-order valence-electron chi connectivity index (χ1n) is 6.02. The Kier molecular flexibility index (Phi) is 3.70. The maximum atomic E-state index is 13.5. The van der Waals surface area contributed by atoms with Crippen LogP contribution < -0.4 is 0 Å². The van der Waals surface area contributed by atoms with Crippen molar-refractivity contribution in [2.75, 3.05) is 0 Å². The van der Waals surface area contributed by atoms with E-state index in [2.05, 4.69) is 5.10 Å². The number of nitro groups is 1. The topological polar surface area (TPSA) is 98.3 Å². The zero-order valence-electron chi connectivity index (χ0n) is 11.3. The summed E-state index contributed by atoms with van der Waals surface area (Å²) in [6.07, 6.45) is -0.213. The number of carboxylic acids is 1. The molecule has 1 aromatic heterocycles. The van der Waals surface area contributed by atoms with Crippen LogP contribution in [0.2, 0.25) is 0 Å². The van der Waals surface area contributed by atoms with Gasteiger partial charge in [0.25, 0.3) is 5.69 Å². The molecule has 0 radical (unpaired) electrons. The number of halogens is 1. The quantitative estimate of drug-likeness (QED) is 0.688. The van der Waals surface area contributed by atoms with Crippen LogP contribution in [0.3, 0.4) is 0 Å². The molecule has 21 heavy (non-hydrogen) atoms. The number of rotatable bonds is 4. The van der Waals surface area contributed by atoms with E-state index in [1.54, 1.807) is 13.8 Å². The number of aryl methyl sites for hydroxylation is 1. The fourth-order valence-corrected chi connectivity index (χ4v) is 2.12. The molecule has 0 amide bonds. The molecule has 8 heteroatoms. The molecule has 0 spiro atoms. The molecule has 0 atom stereocenters. The molecule has 0 bridgehead atoms. The lowest BCUT2D eigenvalue weighted by molar-refractivity contribution is -0.385. The van der Waals surface area contributed by atoms with Crippen LogP contribution in [-0.4, -0.2) is 25.8 Å². The van der Waals surface area contributed by atoms with Gasteiger partial charge in [-0.05, 0) is 13.8 Å². The molecule has 0 saturated carbocycles. The van der Waals surface area contributed by atoms with E-state index < -0.39 is 22.4 Å². The van der Waals surface area contributed by atoms with Gasteiger partial charge in [-0.2, -0.15) is 5.10 Å². The highest BCUT2D eigenvalue weighted by Gasteiger charge is 2.18.